The van der Waals surface area contributed by atoms with Crippen LogP contribution in [0.2, 0.25) is 5.02 Å². The monoisotopic (exact) mass is 281 g/mol. The fraction of sp³-hybridized carbons (Fsp3) is 0.533. The third-order valence-electron chi connectivity index (χ3n) is 3.70. The Morgan fingerprint density at radius 2 is 2.21 bits per heavy atom. The maximum atomic E-state index is 12.3. The Hall–Kier alpha value is -0.900. The van der Waals surface area contributed by atoms with Crippen LogP contribution < -0.4 is 0 Å². The number of aliphatic hydroxyl groups is 1. The fourth-order valence-corrected chi connectivity index (χ4v) is 2.78. The lowest BCUT2D eigenvalue weighted by Gasteiger charge is -2.27. The first-order valence-electron chi connectivity index (χ1n) is 6.84. The molecule has 0 radical (unpaired) electrons. The molecule has 0 bridgehead atoms. The predicted molar refractivity (Wildman–Crippen MR) is 76.7 cm³/mol. The molecule has 1 fully saturated rings. The Balaban J connectivity index is 2.04. The maximum absolute atomic E-state index is 12.3. The summed E-state index contributed by atoms with van der Waals surface area (Å²) in [5.74, 6) is 0.0721. The highest BCUT2D eigenvalue weighted by Gasteiger charge is 2.22. The minimum atomic E-state index is 0.0721. The molecule has 104 valence electrons. The van der Waals surface area contributed by atoms with Crippen LogP contribution in [-0.2, 0) is 0 Å². The van der Waals surface area contributed by atoms with E-state index in [0.717, 1.165) is 25.8 Å². The summed E-state index contributed by atoms with van der Waals surface area (Å²) in [6.07, 6.45) is 4.38. The van der Waals surface area contributed by atoms with Gasteiger partial charge in [0, 0.05) is 16.6 Å². The van der Waals surface area contributed by atoms with Crippen LogP contribution in [0.15, 0.2) is 24.3 Å². The number of halogens is 1. The molecule has 0 aromatic heterocycles. The van der Waals surface area contributed by atoms with Crippen LogP contribution in [0.25, 0.3) is 0 Å². The van der Waals surface area contributed by atoms with Crippen molar-refractivity contribution in [1.29, 1.82) is 0 Å². The van der Waals surface area contributed by atoms with E-state index >= 15 is 0 Å². The van der Waals surface area contributed by atoms with Gasteiger partial charge in [-0.3, -0.25) is 9.69 Å². The van der Waals surface area contributed by atoms with Gasteiger partial charge in [-0.25, -0.2) is 0 Å². The summed E-state index contributed by atoms with van der Waals surface area (Å²) in [6.45, 7) is 1.38. The predicted octanol–water partition coefficient (Wildman–Crippen LogP) is 2.76. The van der Waals surface area contributed by atoms with E-state index in [1.165, 1.54) is 6.42 Å². The number of aliphatic hydroxyl groups excluding tert-OH is 1. The van der Waals surface area contributed by atoms with E-state index in [0.29, 0.717) is 17.1 Å². The lowest BCUT2D eigenvalue weighted by molar-refractivity contribution is 0.0826. The second-order valence-electron chi connectivity index (χ2n) is 5.09. The first-order valence-corrected chi connectivity index (χ1v) is 7.22. The van der Waals surface area contributed by atoms with Crippen LogP contribution in [0.5, 0.6) is 0 Å². The summed E-state index contributed by atoms with van der Waals surface area (Å²) in [6, 6.07) is 7.17. The second kappa shape index (κ2) is 7.04. The molecule has 1 aliphatic rings. The fourth-order valence-electron chi connectivity index (χ4n) is 2.59. The topological polar surface area (TPSA) is 40.5 Å². The van der Waals surface area contributed by atoms with Crippen molar-refractivity contribution in [2.24, 2.45) is 0 Å². The molecular formula is C15H20ClNO2. The molecule has 0 spiro atoms. The summed E-state index contributed by atoms with van der Waals surface area (Å²) in [5.41, 5.74) is 0.647. The summed E-state index contributed by atoms with van der Waals surface area (Å²) < 4.78 is 0. The van der Waals surface area contributed by atoms with Crippen LogP contribution in [0.4, 0.5) is 0 Å². The van der Waals surface area contributed by atoms with Gasteiger partial charge in [0.1, 0.15) is 0 Å². The number of carbonyl (C=O) groups is 1. The first-order chi connectivity index (χ1) is 9.20. The zero-order chi connectivity index (χ0) is 13.7. The molecule has 1 aromatic rings. The van der Waals surface area contributed by atoms with Crippen LogP contribution in [0.1, 0.15) is 36.0 Å². The number of likely N-dealkylation sites (tertiary alicyclic amines) is 1. The van der Waals surface area contributed by atoms with Gasteiger partial charge in [0.15, 0.2) is 5.78 Å². The summed E-state index contributed by atoms with van der Waals surface area (Å²) >= 11 is 5.91. The van der Waals surface area contributed by atoms with Crippen molar-refractivity contribution in [1.82, 2.24) is 4.90 Å². The van der Waals surface area contributed by atoms with E-state index in [-0.39, 0.29) is 18.4 Å². The minimum absolute atomic E-state index is 0.0721. The van der Waals surface area contributed by atoms with E-state index in [2.05, 4.69) is 4.90 Å². The molecule has 19 heavy (non-hydrogen) atoms. The zero-order valence-corrected chi connectivity index (χ0v) is 11.8. The van der Waals surface area contributed by atoms with Crippen molar-refractivity contribution in [2.45, 2.75) is 31.7 Å². The summed E-state index contributed by atoms with van der Waals surface area (Å²) in [7, 11) is 0. The van der Waals surface area contributed by atoms with Crippen molar-refractivity contribution in [3.05, 3.63) is 34.9 Å². The van der Waals surface area contributed by atoms with Gasteiger partial charge in [0.2, 0.25) is 0 Å². The number of carbonyl (C=O) groups excluding carboxylic acids is 1. The van der Waals surface area contributed by atoms with E-state index in [1.807, 2.05) is 0 Å². The molecule has 1 aliphatic heterocycles. The molecule has 1 heterocycles. The van der Waals surface area contributed by atoms with Gasteiger partial charge in [0.25, 0.3) is 0 Å². The Bertz CT molecular complexity index is 436. The zero-order valence-electron chi connectivity index (χ0n) is 11.0. The maximum Gasteiger partial charge on any atom is 0.176 e. The first kappa shape index (κ1) is 14.5. The molecule has 2 rings (SSSR count). The Morgan fingerprint density at radius 3 is 2.95 bits per heavy atom. The van der Waals surface area contributed by atoms with Gasteiger partial charge in [-0.05, 0) is 31.5 Å². The SMILES string of the molecule is O=C(CN1CCCCCC1CO)c1cccc(Cl)c1. The van der Waals surface area contributed by atoms with Gasteiger partial charge in [-0.1, -0.05) is 36.6 Å². The Morgan fingerprint density at radius 1 is 1.37 bits per heavy atom. The number of hydrogen-bond acceptors (Lipinski definition) is 3. The molecule has 3 nitrogen and oxygen atoms in total. The lowest BCUT2D eigenvalue weighted by atomic mass is 10.1. The van der Waals surface area contributed by atoms with Crippen LogP contribution in [0, 0.1) is 0 Å². The van der Waals surface area contributed by atoms with Crippen LogP contribution in [0.3, 0.4) is 0 Å². The van der Waals surface area contributed by atoms with Crippen LogP contribution >= 0.6 is 11.6 Å². The van der Waals surface area contributed by atoms with Gasteiger partial charge in [-0.15, -0.1) is 0 Å². The average Bonchev–Trinajstić information content (AvgIpc) is 2.63. The molecule has 4 heteroatoms. The molecule has 0 amide bonds. The minimum Gasteiger partial charge on any atom is -0.395 e. The smallest absolute Gasteiger partial charge is 0.176 e. The summed E-state index contributed by atoms with van der Waals surface area (Å²) in [5, 5.41) is 10.0. The van der Waals surface area contributed by atoms with E-state index in [1.54, 1.807) is 24.3 Å². The standard InChI is InChI=1S/C15H20ClNO2/c16-13-6-4-5-12(9-13)15(19)10-17-8-3-1-2-7-14(17)11-18/h4-6,9,14,18H,1-3,7-8,10-11H2. The lowest BCUT2D eigenvalue weighted by Crippen LogP contribution is -2.40. The molecule has 0 saturated carbocycles. The number of Topliss-reactive ketones (excluding diaryl/α,β-unsaturated/α-hetero) is 1. The van der Waals surface area contributed by atoms with Crippen molar-refractivity contribution in [2.75, 3.05) is 19.7 Å². The van der Waals surface area contributed by atoms with E-state index in [9.17, 15) is 9.90 Å². The highest BCUT2D eigenvalue weighted by molar-refractivity contribution is 6.31. The number of benzene rings is 1. The summed E-state index contributed by atoms with van der Waals surface area (Å²) in [4.78, 5) is 14.4. The number of hydrogen-bond donors (Lipinski definition) is 1. The van der Waals surface area contributed by atoms with E-state index in [4.69, 9.17) is 11.6 Å². The number of nitrogens with zero attached hydrogens (tertiary/aromatic N) is 1. The molecular weight excluding hydrogens is 262 g/mol. The highest BCUT2D eigenvalue weighted by Crippen LogP contribution is 2.18. The van der Waals surface area contributed by atoms with Gasteiger partial charge in [-0.2, -0.15) is 0 Å². The molecule has 1 aromatic carbocycles. The molecule has 0 aliphatic carbocycles. The second-order valence-corrected chi connectivity index (χ2v) is 5.53. The van der Waals surface area contributed by atoms with Gasteiger partial charge < -0.3 is 5.11 Å². The van der Waals surface area contributed by atoms with Crippen molar-refractivity contribution in [3.63, 3.8) is 0 Å². The third kappa shape index (κ3) is 4.03. The van der Waals surface area contributed by atoms with Gasteiger partial charge >= 0.3 is 0 Å². The Kier molecular flexibility index (Phi) is 5.37. The number of ketones is 1. The quantitative estimate of drug-likeness (QED) is 0.863. The van der Waals surface area contributed by atoms with Crippen molar-refractivity contribution >= 4 is 17.4 Å². The molecule has 1 N–H and O–H groups in total. The molecule has 1 atom stereocenters. The average molecular weight is 282 g/mol. The molecule has 1 unspecified atom stereocenters. The third-order valence-corrected chi connectivity index (χ3v) is 3.94. The Labute approximate surface area is 119 Å². The largest absolute Gasteiger partial charge is 0.395 e. The normalized spacial score (nSPS) is 21.1. The highest BCUT2D eigenvalue weighted by atomic mass is 35.5. The number of rotatable bonds is 4. The van der Waals surface area contributed by atoms with Crippen LogP contribution in [-0.4, -0.2) is 41.5 Å². The molecule has 1 saturated heterocycles. The van der Waals surface area contributed by atoms with E-state index < -0.39 is 0 Å². The van der Waals surface area contributed by atoms with Crippen molar-refractivity contribution < 1.29 is 9.90 Å². The van der Waals surface area contributed by atoms with Crippen molar-refractivity contribution in [3.8, 4) is 0 Å². The van der Waals surface area contributed by atoms with Gasteiger partial charge in [0.05, 0.1) is 13.2 Å².